The molecule has 0 saturated heterocycles. The van der Waals surface area contributed by atoms with Gasteiger partial charge in [-0.2, -0.15) is 0 Å². The number of methoxy groups -OCH3 is 1. The van der Waals surface area contributed by atoms with Crippen LogP contribution < -0.4 is 15.6 Å². The summed E-state index contributed by atoms with van der Waals surface area (Å²) in [5.74, 6) is 0.968. The Labute approximate surface area is 176 Å². The number of para-hydroxylation sites is 1. The lowest BCUT2D eigenvalue weighted by Gasteiger charge is -2.10. The summed E-state index contributed by atoms with van der Waals surface area (Å²) in [5, 5.41) is 5.97. The first kappa shape index (κ1) is 19.7. The van der Waals surface area contributed by atoms with Crippen molar-refractivity contribution >= 4 is 29.0 Å². The Balaban J connectivity index is 1.62. The van der Waals surface area contributed by atoms with Gasteiger partial charge in [0.15, 0.2) is 16.6 Å². The predicted octanol–water partition coefficient (Wildman–Crippen LogP) is 3.13. The summed E-state index contributed by atoms with van der Waals surface area (Å²) in [6.45, 7) is 1.99. The number of H-pyrrole nitrogens is 1. The lowest BCUT2D eigenvalue weighted by atomic mass is 10.2. The van der Waals surface area contributed by atoms with Crippen LogP contribution in [0.25, 0.3) is 17.0 Å². The van der Waals surface area contributed by atoms with Crippen molar-refractivity contribution in [3.8, 4) is 17.1 Å². The molecular weight excluding hydrogens is 402 g/mol. The predicted molar refractivity (Wildman–Crippen MR) is 116 cm³/mol. The molecule has 2 N–H and O–H groups in total. The second-order valence-corrected chi connectivity index (χ2v) is 7.49. The fourth-order valence-electron chi connectivity index (χ4n) is 2.89. The molecule has 0 aliphatic carbocycles. The van der Waals surface area contributed by atoms with Crippen LogP contribution in [0.4, 0.5) is 5.69 Å². The number of ether oxygens (including phenoxy) is 1. The van der Waals surface area contributed by atoms with Crippen LogP contribution in [0.2, 0.25) is 0 Å². The zero-order chi connectivity index (χ0) is 21.1. The molecule has 0 radical (unpaired) electrons. The highest BCUT2D eigenvalue weighted by Gasteiger charge is 2.15. The highest BCUT2D eigenvalue weighted by molar-refractivity contribution is 7.99. The number of hydrogen-bond acceptors (Lipinski definition) is 6. The average Bonchev–Trinajstić information content (AvgIpc) is 3.13. The topological polar surface area (TPSA) is 101 Å². The van der Waals surface area contributed by atoms with Gasteiger partial charge in [-0.1, -0.05) is 41.6 Å². The van der Waals surface area contributed by atoms with Crippen LogP contribution in [0, 0.1) is 6.92 Å². The molecule has 2 aromatic heterocycles. The largest absolute Gasteiger partial charge is 0.496 e. The Kier molecular flexibility index (Phi) is 5.53. The van der Waals surface area contributed by atoms with Crippen molar-refractivity contribution in [2.75, 3.05) is 18.2 Å². The van der Waals surface area contributed by atoms with E-state index in [1.54, 1.807) is 7.11 Å². The van der Waals surface area contributed by atoms with Gasteiger partial charge in [-0.15, -0.1) is 0 Å². The number of nitrogens with zero attached hydrogens (tertiary/aromatic N) is 3. The molecule has 0 aliphatic heterocycles. The standard InChI is InChI=1S/C21H19N5O3S/c1-13-7-9-14(10-8-13)22-19(28)12-30-21-24-20(15-5-3-4-6-16(15)29-2)23-17-11-18(27)25-26(17)21/h3-11H,12H2,1-2H3,(H,22,28)(H,25,27). The van der Waals surface area contributed by atoms with Crippen molar-refractivity contribution in [2.45, 2.75) is 12.1 Å². The number of hydrogen-bond donors (Lipinski definition) is 2. The molecule has 0 atom stereocenters. The highest BCUT2D eigenvalue weighted by atomic mass is 32.2. The fraction of sp³-hybridized carbons (Fsp3) is 0.143. The first-order chi connectivity index (χ1) is 14.5. The van der Waals surface area contributed by atoms with E-state index in [9.17, 15) is 9.59 Å². The van der Waals surface area contributed by atoms with Crippen LogP contribution >= 0.6 is 11.8 Å². The molecule has 0 bridgehead atoms. The third-order valence-electron chi connectivity index (χ3n) is 4.34. The maximum absolute atomic E-state index is 12.4. The van der Waals surface area contributed by atoms with E-state index in [1.165, 1.54) is 22.3 Å². The van der Waals surface area contributed by atoms with Crippen molar-refractivity contribution in [3.63, 3.8) is 0 Å². The second kappa shape index (κ2) is 8.42. The molecule has 0 spiro atoms. The number of aryl methyl sites for hydroxylation is 1. The minimum Gasteiger partial charge on any atom is -0.496 e. The molecule has 30 heavy (non-hydrogen) atoms. The minimum atomic E-state index is -0.299. The zero-order valence-corrected chi connectivity index (χ0v) is 17.2. The number of carbonyl (C=O) groups is 1. The molecule has 0 aliphatic rings. The lowest BCUT2D eigenvalue weighted by Crippen LogP contribution is -2.15. The summed E-state index contributed by atoms with van der Waals surface area (Å²) in [7, 11) is 1.57. The Bertz CT molecular complexity index is 1260. The van der Waals surface area contributed by atoms with E-state index < -0.39 is 0 Å². The summed E-state index contributed by atoms with van der Waals surface area (Å²) >= 11 is 1.20. The van der Waals surface area contributed by atoms with Crippen molar-refractivity contribution in [3.05, 3.63) is 70.5 Å². The number of fused-ring (bicyclic) bond motifs is 1. The number of anilines is 1. The highest BCUT2D eigenvalue weighted by Crippen LogP contribution is 2.28. The van der Waals surface area contributed by atoms with E-state index in [0.29, 0.717) is 27.9 Å². The number of aromatic amines is 1. The Morgan fingerprint density at radius 3 is 2.70 bits per heavy atom. The van der Waals surface area contributed by atoms with Crippen molar-refractivity contribution in [1.29, 1.82) is 0 Å². The van der Waals surface area contributed by atoms with Gasteiger partial charge in [0.25, 0.3) is 5.56 Å². The van der Waals surface area contributed by atoms with Gasteiger partial charge in [-0.05, 0) is 31.2 Å². The van der Waals surface area contributed by atoms with Crippen LogP contribution in [-0.4, -0.2) is 38.4 Å². The molecule has 8 nitrogen and oxygen atoms in total. The van der Waals surface area contributed by atoms with Crippen molar-refractivity contribution in [1.82, 2.24) is 19.6 Å². The summed E-state index contributed by atoms with van der Waals surface area (Å²) in [6, 6.07) is 16.3. The zero-order valence-electron chi connectivity index (χ0n) is 16.4. The molecular formula is C21H19N5O3S. The van der Waals surface area contributed by atoms with Gasteiger partial charge in [0.1, 0.15) is 5.75 Å². The first-order valence-corrected chi connectivity index (χ1v) is 10.1. The van der Waals surface area contributed by atoms with E-state index in [1.807, 2.05) is 55.5 Å². The SMILES string of the molecule is COc1ccccc1-c1nc(SCC(=O)Nc2ccc(C)cc2)n2[nH]c(=O)cc2n1. The second-order valence-electron chi connectivity index (χ2n) is 6.55. The van der Waals surface area contributed by atoms with Crippen LogP contribution in [0.3, 0.4) is 0 Å². The summed E-state index contributed by atoms with van der Waals surface area (Å²) < 4.78 is 6.88. The van der Waals surface area contributed by atoms with E-state index >= 15 is 0 Å². The van der Waals surface area contributed by atoms with Gasteiger partial charge in [-0.25, -0.2) is 14.5 Å². The van der Waals surface area contributed by atoms with E-state index in [0.717, 1.165) is 11.3 Å². The number of nitrogens with one attached hydrogen (secondary N) is 2. The minimum absolute atomic E-state index is 0.117. The lowest BCUT2D eigenvalue weighted by molar-refractivity contribution is -0.113. The van der Waals surface area contributed by atoms with Gasteiger partial charge in [-0.3, -0.25) is 14.7 Å². The monoisotopic (exact) mass is 421 g/mol. The van der Waals surface area contributed by atoms with E-state index in [-0.39, 0.29) is 17.2 Å². The first-order valence-electron chi connectivity index (χ1n) is 9.16. The molecule has 1 amide bonds. The number of rotatable bonds is 6. The Morgan fingerprint density at radius 2 is 1.93 bits per heavy atom. The van der Waals surface area contributed by atoms with Crippen LogP contribution in [0.5, 0.6) is 5.75 Å². The number of benzene rings is 2. The van der Waals surface area contributed by atoms with Crippen molar-refractivity contribution in [2.24, 2.45) is 0 Å². The van der Waals surface area contributed by atoms with Crippen LogP contribution in [0.1, 0.15) is 5.56 Å². The quantitative estimate of drug-likeness (QED) is 0.464. The average molecular weight is 421 g/mol. The van der Waals surface area contributed by atoms with Gasteiger partial charge in [0.2, 0.25) is 5.91 Å². The summed E-state index contributed by atoms with van der Waals surface area (Å²) in [5.41, 5.74) is 2.65. The molecule has 0 fully saturated rings. The summed E-state index contributed by atoms with van der Waals surface area (Å²) in [6.07, 6.45) is 0. The smallest absolute Gasteiger partial charge is 0.266 e. The van der Waals surface area contributed by atoms with Crippen LogP contribution in [0.15, 0.2) is 64.5 Å². The molecule has 152 valence electrons. The summed E-state index contributed by atoms with van der Waals surface area (Å²) in [4.78, 5) is 33.3. The van der Waals surface area contributed by atoms with Gasteiger partial charge < -0.3 is 10.1 Å². The third-order valence-corrected chi connectivity index (χ3v) is 5.28. The molecule has 4 aromatic rings. The van der Waals surface area contributed by atoms with Gasteiger partial charge in [0.05, 0.1) is 18.4 Å². The molecule has 4 rings (SSSR count). The Morgan fingerprint density at radius 1 is 1.17 bits per heavy atom. The van der Waals surface area contributed by atoms with E-state index in [2.05, 4.69) is 20.4 Å². The molecule has 9 heteroatoms. The fourth-order valence-corrected chi connectivity index (χ4v) is 3.65. The third kappa shape index (κ3) is 4.20. The van der Waals surface area contributed by atoms with Gasteiger partial charge in [0, 0.05) is 11.8 Å². The number of amides is 1. The normalized spacial score (nSPS) is 10.9. The molecule has 0 saturated carbocycles. The van der Waals surface area contributed by atoms with E-state index in [4.69, 9.17) is 4.74 Å². The number of thioether (sulfide) groups is 1. The molecule has 2 aromatic carbocycles. The Hall–Kier alpha value is -3.59. The number of carbonyl (C=O) groups excluding carboxylic acids is 1. The molecule has 2 heterocycles. The maximum Gasteiger partial charge on any atom is 0.266 e. The van der Waals surface area contributed by atoms with Crippen LogP contribution in [-0.2, 0) is 4.79 Å². The number of aromatic nitrogens is 4. The maximum atomic E-state index is 12.4. The van der Waals surface area contributed by atoms with Crippen molar-refractivity contribution < 1.29 is 9.53 Å². The van der Waals surface area contributed by atoms with Gasteiger partial charge >= 0.3 is 0 Å². The molecule has 0 unspecified atom stereocenters.